The summed E-state index contributed by atoms with van der Waals surface area (Å²) in [6.07, 6.45) is 0. The van der Waals surface area contributed by atoms with Crippen molar-refractivity contribution in [1.82, 2.24) is 4.98 Å². The van der Waals surface area contributed by atoms with Crippen molar-refractivity contribution in [3.05, 3.63) is 63.7 Å². The first-order chi connectivity index (χ1) is 14.5. The number of H-pyrrole nitrogens is 1. The molecule has 162 valence electrons. The number of rotatable bonds is 4. The summed E-state index contributed by atoms with van der Waals surface area (Å²) in [6, 6.07) is 8.02. The van der Waals surface area contributed by atoms with Gasteiger partial charge in [-0.3, -0.25) is 9.59 Å². The number of ether oxygens (including phenoxy) is 1. The molecule has 0 aliphatic rings. The zero-order valence-electron chi connectivity index (χ0n) is 17.4. The smallest absolute Gasteiger partial charge is 0.338 e. The summed E-state index contributed by atoms with van der Waals surface area (Å²) in [7, 11) is 1.53. The molecule has 0 aliphatic carbocycles. The van der Waals surface area contributed by atoms with E-state index in [0.29, 0.717) is 0 Å². The van der Waals surface area contributed by atoms with Gasteiger partial charge in [0.05, 0.1) is 16.8 Å². The zero-order chi connectivity index (χ0) is 22.9. The lowest BCUT2D eigenvalue weighted by molar-refractivity contribution is 0.00694. The highest BCUT2D eigenvalue weighted by molar-refractivity contribution is 6.10. The Kier molecular flexibility index (Phi) is 5.70. The van der Waals surface area contributed by atoms with Gasteiger partial charge in [-0.2, -0.15) is 0 Å². The van der Waals surface area contributed by atoms with Gasteiger partial charge in [0.25, 0.3) is 11.5 Å². The third kappa shape index (κ3) is 4.66. The number of aromatic nitrogens is 1. The number of nitrogens with one attached hydrogen (secondary N) is 3. The van der Waals surface area contributed by atoms with E-state index in [1.54, 1.807) is 20.8 Å². The van der Waals surface area contributed by atoms with E-state index in [4.69, 9.17) is 4.74 Å². The number of fused-ring (bicyclic) bond motifs is 1. The number of hydrogen-bond donors (Lipinski definition) is 4. The van der Waals surface area contributed by atoms with Crippen molar-refractivity contribution >= 4 is 34.2 Å². The van der Waals surface area contributed by atoms with Crippen molar-refractivity contribution in [2.75, 3.05) is 17.7 Å². The molecule has 0 saturated carbocycles. The average Bonchev–Trinajstić information content (AvgIpc) is 2.67. The Hall–Kier alpha value is -3.88. The van der Waals surface area contributed by atoms with Gasteiger partial charge in [0.2, 0.25) is 0 Å². The standard InChI is InChI=1S/C22H22FN3O5/c1-22(2,3)31-21(30)11-5-7-13(8-6-11)25-19(28)16-18(27)14-9-12(23)10-15(24-4)17(14)26-20(16)29/h5-10,24H,1-4H3,(H,25,28)(H2,26,27,29). The van der Waals surface area contributed by atoms with Crippen LogP contribution in [0, 0.1) is 5.82 Å². The normalized spacial score (nSPS) is 11.3. The molecule has 0 fully saturated rings. The van der Waals surface area contributed by atoms with Crippen LogP contribution in [-0.2, 0) is 4.74 Å². The second kappa shape index (κ2) is 8.10. The number of anilines is 2. The van der Waals surface area contributed by atoms with Gasteiger partial charge in [0.1, 0.15) is 22.7 Å². The monoisotopic (exact) mass is 427 g/mol. The number of hydrogen-bond acceptors (Lipinski definition) is 6. The van der Waals surface area contributed by atoms with Crippen LogP contribution >= 0.6 is 0 Å². The summed E-state index contributed by atoms with van der Waals surface area (Å²) in [5.74, 6) is -2.70. The number of halogens is 1. The number of esters is 1. The number of aromatic amines is 1. The Morgan fingerprint density at radius 3 is 2.35 bits per heavy atom. The van der Waals surface area contributed by atoms with E-state index in [0.717, 1.165) is 12.1 Å². The number of benzene rings is 2. The van der Waals surface area contributed by atoms with Crippen molar-refractivity contribution in [3.8, 4) is 5.75 Å². The van der Waals surface area contributed by atoms with Gasteiger partial charge in [-0.25, -0.2) is 9.18 Å². The van der Waals surface area contributed by atoms with Crippen molar-refractivity contribution < 1.29 is 23.8 Å². The molecule has 1 amide bonds. The predicted octanol–water partition coefficient (Wildman–Crippen LogP) is 3.62. The molecular formula is C22H22FN3O5. The highest BCUT2D eigenvalue weighted by Crippen LogP contribution is 2.31. The van der Waals surface area contributed by atoms with Crippen LogP contribution in [0.2, 0.25) is 0 Å². The Morgan fingerprint density at radius 1 is 1.13 bits per heavy atom. The van der Waals surface area contributed by atoms with Crippen LogP contribution in [0.5, 0.6) is 5.75 Å². The summed E-state index contributed by atoms with van der Waals surface area (Å²) in [5, 5.41) is 15.7. The second-order valence-corrected chi connectivity index (χ2v) is 7.84. The van der Waals surface area contributed by atoms with E-state index in [2.05, 4.69) is 15.6 Å². The molecule has 9 heteroatoms. The molecule has 0 spiro atoms. The molecule has 0 unspecified atom stereocenters. The van der Waals surface area contributed by atoms with Crippen molar-refractivity contribution in [1.29, 1.82) is 0 Å². The first kappa shape index (κ1) is 21.8. The van der Waals surface area contributed by atoms with Crippen molar-refractivity contribution in [2.24, 2.45) is 0 Å². The Morgan fingerprint density at radius 2 is 1.77 bits per heavy atom. The Labute approximate surface area is 177 Å². The van der Waals surface area contributed by atoms with Crippen LogP contribution < -0.4 is 16.2 Å². The maximum Gasteiger partial charge on any atom is 0.338 e. The van der Waals surface area contributed by atoms with E-state index in [-0.39, 0.29) is 27.8 Å². The first-order valence-corrected chi connectivity index (χ1v) is 9.41. The number of carbonyl (C=O) groups is 2. The lowest BCUT2D eigenvalue weighted by Crippen LogP contribution is -2.24. The molecule has 0 atom stereocenters. The SMILES string of the molecule is CNc1cc(F)cc2c(O)c(C(=O)Nc3ccc(C(=O)OC(C)(C)C)cc3)c(=O)[nH]c12. The molecule has 3 aromatic rings. The topological polar surface area (TPSA) is 121 Å². The van der Waals surface area contributed by atoms with Crippen LogP contribution in [0.4, 0.5) is 15.8 Å². The van der Waals surface area contributed by atoms with Gasteiger partial charge in [-0.1, -0.05) is 0 Å². The van der Waals surface area contributed by atoms with E-state index in [1.165, 1.54) is 31.3 Å². The molecule has 0 radical (unpaired) electrons. The van der Waals surface area contributed by atoms with Gasteiger partial charge in [0.15, 0.2) is 0 Å². The van der Waals surface area contributed by atoms with Crippen LogP contribution in [0.15, 0.2) is 41.2 Å². The molecule has 31 heavy (non-hydrogen) atoms. The average molecular weight is 427 g/mol. The van der Waals surface area contributed by atoms with Crippen LogP contribution in [0.1, 0.15) is 41.5 Å². The zero-order valence-corrected chi connectivity index (χ0v) is 17.4. The van der Waals surface area contributed by atoms with Gasteiger partial charge < -0.3 is 25.5 Å². The summed E-state index contributed by atoms with van der Waals surface area (Å²) < 4.78 is 19.1. The second-order valence-electron chi connectivity index (χ2n) is 7.84. The Bertz CT molecular complexity index is 1230. The molecule has 8 nitrogen and oxygen atoms in total. The molecule has 2 aromatic carbocycles. The fourth-order valence-electron chi connectivity index (χ4n) is 2.97. The highest BCUT2D eigenvalue weighted by atomic mass is 19.1. The minimum absolute atomic E-state index is 0.0191. The van der Waals surface area contributed by atoms with Gasteiger partial charge in [-0.05, 0) is 57.2 Å². The summed E-state index contributed by atoms with van der Waals surface area (Å²) in [5.41, 5.74) is -1.05. The fourth-order valence-corrected chi connectivity index (χ4v) is 2.97. The first-order valence-electron chi connectivity index (χ1n) is 9.41. The minimum Gasteiger partial charge on any atom is -0.506 e. The summed E-state index contributed by atoms with van der Waals surface area (Å²) in [6.45, 7) is 5.25. The maximum atomic E-state index is 13.9. The lowest BCUT2D eigenvalue weighted by Gasteiger charge is -2.19. The van der Waals surface area contributed by atoms with Gasteiger partial charge in [0, 0.05) is 18.1 Å². The fraction of sp³-hybridized carbons (Fsp3) is 0.227. The van der Waals surface area contributed by atoms with Crippen molar-refractivity contribution in [3.63, 3.8) is 0 Å². The van der Waals surface area contributed by atoms with Crippen molar-refractivity contribution in [2.45, 2.75) is 26.4 Å². The summed E-state index contributed by atoms with van der Waals surface area (Å²) >= 11 is 0. The van der Waals surface area contributed by atoms with E-state index < -0.39 is 40.2 Å². The molecule has 3 rings (SSSR count). The molecular weight excluding hydrogens is 405 g/mol. The molecule has 0 saturated heterocycles. The van der Waals surface area contributed by atoms with Gasteiger partial charge >= 0.3 is 5.97 Å². The molecule has 1 aromatic heterocycles. The van der Waals surface area contributed by atoms with E-state index in [9.17, 15) is 23.9 Å². The van der Waals surface area contributed by atoms with Crippen LogP contribution in [-0.4, -0.2) is 34.6 Å². The molecule has 4 N–H and O–H groups in total. The third-order valence-electron chi connectivity index (χ3n) is 4.33. The highest BCUT2D eigenvalue weighted by Gasteiger charge is 2.22. The quantitative estimate of drug-likeness (QED) is 0.472. The van der Waals surface area contributed by atoms with Crippen LogP contribution in [0.25, 0.3) is 10.9 Å². The Balaban J connectivity index is 1.90. The van der Waals surface area contributed by atoms with E-state index >= 15 is 0 Å². The number of aromatic hydroxyl groups is 1. The largest absolute Gasteiger partial charge is 0.506 e. The van der Waals surface area contributed by atoms with Crippen LogP contribution in [0.3, 0.4) is 0 Å². The van der Waals surface area contributed by atoms with Gasteiger partial charge in [-0.15, -0.1) is 0 Å². The number of pyridine rings is 1. The third-order valence-corrected chi connectivity index (χ3v) is 4.33. The number of amides is 1. The predicted molar refractivity (Wildman–Crippen MR) is 115 cm³/mol. The lowest BCUT2D eigenvalue weighted by atomic mass is 10.1. The maximum absolute atomic E-state index is 13.9. The van der Waals surface area contributed by atoms with E-state index in [1.807, 2.05) is 0 Å². The summed E-state index contributed by atoms with van der Waals surface area (Å²) in [4.78, 5) is 39.7. The molecule has 0 bridgehead atoms. The molecule has 1 heterocycles. The minimum atomic E-state index is -0.888. The molecule has 0 aliphatic heterocycles. The number of carbonyl (C=O) groups excluding carboxylic acids is 2.